The van der Waals surface area contributed by atoms with E-state index in [0.717, 1.165) is 0 Å². The Morgan fingerprint density at radius 1 is 1.39 bits per heavy atom. The molecule has 0 aliphatic heterocycles. The molecule has 0 radical (unpaired) electrons. The van der Waals surface area contributed by atoms with Gasteiger partial charge in [-0.2, -0.15) is 9.46 Å². The highest BCUT2D eigenvalue weighted by molar-refractivity contribution is 7.69. The van der Waals surface area contributed by atoms with Crippen molar-refractivity contribution in [2.45, 2.75) is 0 Å². The number of hydrogen-bond acceptors (Lipinski definition) is 9. The first-order valence-corrected chi connectivity index (χ1v) is 7.50. The number of nitrogen functional groups attached to an aromatic ring is 1. The minimum absolute atomic E-state index is 0.0275. The topological polar surface area (TPSA) is 141 Å². The summed E-state index contributed by atoms with van der Waals surface area (Å²) in [7, 11) is 0.685. The number of aromatic hydroxyl groups is 1. The van der Waals surface area contributed by atoms with E-state index < -0.39 is 10.9 Å². The Hall–Kier alpha value is -2.79. The summed E-state index contributed by atoms with van der Waals surface area (Å²) in [4.78, 5) is 11.9. The maximum absolute atomic E-state index is 11.4. The Labute approximate surface area is 132 Å². The van der Waals surface area contributed by atoms with Crippen molar-refractivity contribution in [3.63, 3.8) is 0 Å². The molecule has 0 aliphatic carbocycles. The first-order chi connectivity index (χ1) is 11.0. The van der Waals surface area contributed by atoms with E-state index in [1.165, 1.54) is 25.7 Å². The zero-order valence-corrected chi connectivity index (χ0v) is 13.1. The van der Waals surface area contributed by atoms with Crippen LogP contribution in [0.5, 0.6) is 5.88 Å². The molecule has 3 aromatic rings. The van der Waals surface area contributed by atoms with Gasteiger partial charge in [-0.3, -0.25) is 4.18 Å². The second kappa shape index (κ2) is 5.78. The van der Waals surface area contributed by atoms with Crippen molar-refractivity contribution in [1.82, 2.24) is 24.7 Å². The standard InChI is InChI=1S/C12H13N7O3S/c1-19-11-8(10(13)15-5-16-11)9(17-19)6-3-7(12(20)14-4-6)18-23(21)22-2/h3-5,23H,1-2H3,(H,14,20)(H2,13,15,16). The quantitative estimate of drug-likeness (QED) is 0.590. The Morgan fingerprint density at radius 2 is 2.17 bits per heavy atom. The van der Waals surface area contributed by atoms with Gasteiger partial charge in [-0.05, 0) is 6.07 Å². The number of nitrogens with zero attached hydrogens (tertiary/aromatic N) is 6. The second-order valence-corrected chi connectivity index (χ2v) is 5.56. The Morgan fingerprint density at radius 3 is 2.91 bits per heavy atom. The average Bonchev–Trinajstić information content (AvgIpc) is 2.88. The fraction of sp³-hybridized carbons (Fsp3) is 0.167. The summed E-state index contributed by atoms with van der Waals surface area (Å²) in [6.45, 7) is 0. The third-order valence-electron chi connectivity index (χ3n) is 3.12. The van der Waals surface area contributed by atoms with Gasteiger partial charge in [0.15, 0.2) is 16.5 Å². The first-order valence-electron chi connectivity index (χ1n) is 6.37. The molecule has 0 aromatic carbocycles. The lowest BCUT2D eigenvalue weighted by atomic mass is 10.1. The fourth-order valence-electron chi connectivity index (χ4n) is 2.09. The molecule has 0 aliphatic rings. The van der Waals surface area contributed by atoms with Crippen LogP contribution in [-0.2, 0) is 22.1 Å². The van der Waals surface area contributed by atoms with Gasteiger partial charge in [0.25, 0.3) is 0 Å². The van der Waals surface area contributed by atoms with Gasteiger partial charge in [-0.15, -0.1) is 0 Å². The summed E-state index contributed by atoms with van der Waals surface area (Å²) >= 11 is 0. The number of pyridine rings is 1. The molecular formula is C12H13N7O3S. The monoisotopic (exact) mass is 335 g/mol. The van der Waals surface area contributed by atoms with E-state index >= 15 is 0 Å². The van der Waals surface area contributed by atoms with Crippen LogP contribution in [0.2, 0.25) is 0 Å². The minimum atomic E-state index is -2.29. The van der Waals surface area contributed by atoms with Gasteiger partial charge < -0.3 is 10.8 Å². The lowest BCUT2D eigenvalue weighted by Gasteiger charge is -2.02. The van der Waals surface area contributed by atoms with E-state index in [2.05, 4.69) is 28.6 Å². The highest BCUT2D eigenvalue weighted by Gasteiger charge is 2.17. The summed E-state index contributed by atoms with van der Waals surface area (Å²) in [5.41, 5.74) is 7.50. The van der Waals surface area contributed by atoms with Gasteiger partial charge in [-0.1, -0.05) is 0 Å². The number of thiol groups is 1. The normalized spacial score (nSPS) is 12.8. The van der Waals surface area contributed by atoms with Crippen molar-refractivity contribution in [2.75, 3.05) is 12.8 Å². The number of rotatable bonds is 3. The molecule has 0 spiro atoms. The number of aromatic nitrogens is 5. The Bertz CT molecular complexity index is 978. The lowest BCUT2D eigenvalue weighted by molar-refractivity contribution is 0.448. The zero-order chi connectivity index (χ0) is 16.6. The highest BCUT2D eigenvalue weighted by atomic mass is 32.2. The van der Waals surface area contributed by atoms with Crippen molar-refractivity contribution in [2.24, 2.45) is 11.4 Å². The van der Waals surface area contributed by atoms with Crippen LogP contribution in [0.4, 0.5) is 11.5 Å². The number of fused-ring (bicyclic) bond motifs is 1. The van der Waals surface area contributed by atoms with Crippen molar-refractivity contribution in [1.29, 1.82) is 0 Å². The SMILES string of the molecule is CO[SH](=O)=Nc1cc(-c2nn(C)c3ncnc(N)c23)cnc1O. The number of anilines is 1. The maximum atomic E-state index is 11.4. The van der Waals surface area contributed by atoms with E-state index in [0.29, 0.717) is 22.3 Å². The zero-order valence-electron chi connectivity index (χ0n) is 12.2. The Kier molecular flexibility index (Phi) is 3.80. The fourth-order valence-corrected chi connectivity index (χ4v) is 2.49. The summed E-state index contributed by atoms with van der Waals surface area (Å²) < 4.78 is 21.3. The van der Waals surface area contributed by atoms with Crippen LogP contribution in [0.15, 0.2) is 23.0 Å². The minimum Gasteiger partial charge on any atom is -0.492 e. The molecule has 0 fully saturated rings. The van der Waals surface area contributed by atoms with Gasteiger partial charge in [0.2, 0.25) is 5.88 Å². The maximum Gasteiger partial charge on any atom is 0.238 e. The van der Waals surface area contributed by atoms with Crippen molar-refractivity contribution in [3.8, 4) is 17.1 Å². The molecule has 3 heterocycles. The van der Waals surface area contributed by atoms with E-state index in [1.807, 2.05) is 0 Å². The van der Waals surface area contributed by atoms with Crippen LogP contribution in [0.3, 0.4) is 0 Å². The predicted octanol–water partition coefficient (Wildman–Crippen LogP) is 0.571. The molecule has 3 rings (SSSR count). The third-order valence-corrected chi connectivity index (χ3v) is 3.81. The molecule has 1 atom stereocenters. The largest absolute Gasteiger partial charge is 0.492 e. The first kappa shape index (κ1) is 15.1. The predicted molar refractivity (Wildman–Crippen MR) is 84.2 cm³/mol. The highest BCUT2D eigenvalue weighted by Crippen LogP contribution is 2.33. The van der Waals surface area contributed by atoms with Crippen LogP contribution in [0, 0.1) is 0 Å². The smallest absolute Gasteiger partial charge is 0.238 e. The number of hydrogen-bond donors (Lipinski definition) is 3. The van der Waals surface area contributed by atoms with Crippen LogP contribution in [0.1, 0.15) is 0 Å². The lowest BCUT2D eigenvalue weighted by Crippen LogP contribution is -1.95. The van der Waals surface area contributed by atoms with Crippen LogP contribution in [0.25, 0.3) is 22.3 Å². The second-order valence-electron chi connectivity index (χ2n) is 4.52. The van der Waals surface area contributed by atoms with Crippen LogP contribution < -0.4 is 5.73 Å². The molecule has 0 amide bonds. The molecular weight excluding hydrogens is 322 g/mol. The molecule has 0 saturated carbocycles. The molecule has 1 unspecified atom stereocenters. The molecule has 11 heteroatoms. The summed E-state index contributed by atoms with van der Waals surface area (Å²) in [6.07, 6.45) is 2.75. The summed E-state index contributed by atoms with van der Waals surface area (Å²) in [5.74, 6) is -0.0914. The summed E-state index contributed by atoms with van der Waals surface area (Å²) in [5, 5.41) is 14.7. The van der Waals surface area contributed by atoms with E-state index in [9.17, 15) is 9.32 Å². The van der Waals surface area contributed by atoms with Gasteiger partial charge in [-0.25, -0.2) is 23.8 Å². The summed E-state index contributed by atoms with van der Waals surface area (Å²) in [6, 6.07) is 1.49. The number of aryl methyl sites for hydroxylation is 1. The van der Waals surface area contributed by atoms with Gasteiger partial charge in [0, 0.05) is 18.8 Å². The molecule has 120 valence electrons. The van der Waals surface area contributed by atoms with Crippen molar-refractivity contribution in [3.05, 3.63) is 18.6 Å². The Balaban J connectivity index is 2.24. The third kappa shape index (κ3) is 2.66. The van der Waals surface area contributed by atoms with Crippen molar-refractivity contribution < 1.29 is 13.5 Å². The van der Waals surface area contributed by atoms with Gasteiger partial charge >= 0.3 is 0 Å². The molecule has 23 heavy (non-hydrogen) atoms. The van der Waals surface area contributed by atoms with E-state index in [-0.39, 0.29) is 17.4 Å². The van der Waals surface area contributed by atoms with Gasteiger partial charge in [0.1, 0.15) is 23.5 Å². The van der Waals surface area contributed by atoms with Crippen LogP contribution >= 0.6 is 0 Å². The molecule has 0 saturated heterocycles. The van der Waals surface area contributed by atoms with E-state index in [1.54, 1.807) is 11.7 Å². The molecule has 0 bridgehead atoms. The number of nitrogens with two attached hydrogens (primary N) is 1. The van der Waals surface area contributed by atoms with Crippen LogP contribution in [-0.4, -0.2) is 41.2 Å². The molecule has 10 nitrogen and oxygen atoms in total. The molecule has 3 aromatic heterocycles. The van der Waals surface area contributed by atoms with E-state index in [4.69, 9.17) is 5.73 Å². The average molecular weight is 335 g/mol. The molecule has 3 N–H and O–H groups in total. The van der Waals surface area contributed by atoms with Crippen molar-refractivity contribution >= 4 is 33.4 Å². The van der Waals surface area contributed by atoms with Gasteiger partial charge in [0.05, 0.1) is 12.5 Å².